The minimum atomic E-state index is 0.463. The molecule has 0 aliphatic rings. The molecule has 0 aliphatic heterocycles. The van der Waals surface area contributed by atoms with E-state index in [1.165, 1.54) is 16.3 Å². The van der Waals surface area contributed by atoms with E-state index in [4.69, 9.17) is 16.3 Å². The Morgan fingerprint density at radius 1 is 1.11 bits per heavy atom. The lowest BCUT2D eigenvalue weighted by Crippen LogP contribution is -1.87. The highest BCUT2D eigenvalue weighted by Gasteiger charge is 2.11. The van der Waals surface area contributed by atoms with Crippen LogP contribution in [0, 0.1) is 0 Å². The number of methoxy groups -OCH3 is 1. The van der Waals surface area contributed by atoms with Gasteiger partial charge < -0.3 is 9.72 Å². The maximum absolute atomic E-state index is 6.39. The Labute approximate surface area is 117 Å². The van der Waals surface area contributed by atoms with Crippen LogP contribution in [0.3, 0.4) is 0 Å². The summed E-state index contributed by atoms with van der Waals surface area (Å²) in [7, 11) is 1.67. The monoisotopic (exact) mass is 273 g/mol. The molecule has 1 heterocycles. The third-order valence-electron chi connectivity index (χ3n) is 3.56. The molecule has 0 atom stereocenters. The van der Waals surface area contributed by atoms with E-state index in [-0.39, 0.29) is 0 Å². The molecule has 0 saturated heterocycles. The molecule has 1 N–H and O–H groups in total. The van der Waals surface area contributed by atoms with Crippen LogP contribution in [0.15, 0.2) is 30.3 Å². The summed E-state index contributed by atoms with van der Waals surface area (Å²) in [5.41, 5.74) is 3.31. The molecular formula is C16H16ClNO. The van der Waals surface area contributed by atoms with Crippen molar-refractivity contribution in [1.82, 2.24) is 4.98 Å². The van der Waals surface area contributed by atoms with Gasteiger partial charge in [0.15, 0.2) is 0 Å². The van der Waals surface area contributed by atoms with Crippen molar-refractivity contribution in [3.05, 3.63) is 40.9 Å². The highest BCUT2D eigenvalue weighted by Crippen LogP contribution is 2.34. The van der Waals surface area contributed by atoms with Gasteiger partial charge in [-0.2, -0.15) is 0 Å². The summed E-state index contributed by atoms with van der Waals surface area (Å²) in [6, 6.07) is 10.3. The molecule has 19 heavy (non-hydrogen) atoms. The first-order valence-corrected chi connectivity index (χ1v) is 6.77. The predicted octanol–water partition coefficient (Wildman–Crippen LogP) is 5.11. The third-order valence-corrected chi connectivity index (χ3v) is 3.85. The van der Waals surface area contributed by atoms with Crippen molar-refractivity contribution in [2.24, 2.45) is 0 Å². The van der Waals surface area contributed by atoms with Crippen LogP contribution in [0.25, 0.3) is 21.8 Å². The number of rotatable bonds is 2. The van der Waals surface area contributed by atoms with Crippen molar-refractivity contribution in [2.45, 2.75) is 19.8 Å². The lowest BCUT2D eigenvalue weighted by Gasteiger charge is -2.06. The summed E-state index contributed by atoms with van der Waals surface area (Å²) in [6.07, 6.45) is 0. The molecule has 2 nitrogen and oxygen atoms in total. The van der Waals surface area contributed by atoms with Crippen LogP contribution >= 0.6 is 11.6 Å². The quantitative estimate of drug-likeness (QED) is 0.690. The van der Waals surface area contributed by atoms with E-state index in [1.54, 1.807) is 7.11 Å². The van der Waals surface area contributed by atoms with Crippen LogP contribution in [0.5, 0.6) is 5.75 Å². The topological polar surface area (TPSA) is 25.0 Å². The number of aromatic amines is 1. The van der Waals surface area contributed by atoms with Gasteiger partial charge in [0.2, 0.25) is 0 Å². The van der Waals surface area contributed by atoms with Gasteiger partial charge in [0.25, 0.3) is 0 Å². The zero-order chi connectivity index (χ0) is 13.6. The fourth-order valence-corrected chi connectivity index (χ4v) is 2.70. The summed E-state index contributed by atoms with van der Waals surface area (Å²) in [6.45, 7) is 4.35. The minimum Gasteiger partial charge on any atom is -0.497 e. The van der Waals surface area contributed by atoms with Crippen LogP contribution in [0.1, 0.15) is 25.3 Å². The van der Waals surface area contributed by atoms with E-state index in [0.29, 0.717) is 5.92 Å². The molecule has 0 saturated carbocycles. The maximum atomic E-state index is 6.39. The average molecular weight is 274 g/mol. The molecule has 0 spiro atoms. The fraction of sp³-hybridized carbons (Fsp3) is 0.250. The molecule has 0 radical (unpaired) electrons. The SMILES string of the molecule is COc1ccc2c(c1)[nH]c1c(Cl)cc(C(C)C)cc12. The second-order valence-corrected chi connectivity index (χ2v) is 5.52. The first-order chi connectivity index (χ1) is 9.10. The van der Waals surface area contributed by atoms with Gasteiger partial charge >= 0.3 is 0 Å². The number of nitrogens with one attached hydrogen (secondary N) is 1. The standard InChI is InChI=1S/C16H16ClNO/c1-9(2)10-6-13-12-5-4-11(19-3)8-15(12)18-16(13)14(17)7-10/h4-9,18H,1-3H3. The molecule has 2 aromatic carbocycles. The number of aromatic nitrogens is 1. The van der Waals surface area contributed by atoms with Gasteiger partial charge in [0.1, 0.15) is 5.75 Å². The number of hydrogen-bond donors (Lipinski definition) is 1. The maximum Gasteiger partial charge on any atom is 0.120 e. The van der Waals surface area contributed by atoms with Gasteiger partial charge in [0, 0.05) is 16.8 Å². The summed E-state index contributed by atoms with van der Waals surface area (Å²) in [4.78, 5) is 3.38. The second-order valence-electron chi connectivity index (χ2n) is 5.12. The van der Waals surface area contributed by atoms with Crippen LogP contribution in [0.4, 0.5) is 0 Å². The van der Waals surface area contributed by atoms with Gasteiger partial charge in [-0.05, 0) is 35.7 Å². The first kappa shape index (κ1) is 12.4. The zero-order valence-corrected chi connectivity index (χ0v) is 12.0. The average Bonchev–Trinajstić information content (AvgIpc) is 2.76. The van der Waals surface area contributed by atoms with E-state index in [2.05, 4.69) is 31.0 Å². The molecule has 0 bridgehead atoms. The predicted molar refractivity (Wildman–Crippen MR) is 81.5 cm³/mol. The van der Waals surface area contributed by atoms with E-state index in [1.807, 2.05) is 18.2 Å². The lowest BCUT2D eigenvalue weighted by molar-refractivity contribution is 0.415. The van der Waals surface area contributed by atoms with Gasteiger partial charge in [-0.15, -0.1) is 0 Å². The third kappa shape index (κ3) is 1.96. The summed E-state index contributed by atoms with van der Waals surface area (Å²) in [5.74, 6) is 1.31. The molecule has 0 fully saturated rings. The fourth-order valence-electron chi connectivity index (χ4n) is 2.42. The van der Waals surface area contributed by atoms with E-state index >= 15 is 0 Å². The van der Waals surface area contributed by atoms with Gasteiger partial charge in [-0.3, -0.25) is 0 Å². The Hall–Kier alpha value is -1.67. The lowest BCUT2D eigenvalue weighted by atomic mass is 10.0. The normalized spacial score (nSPS) is 11.6. The summed E-state index contributed by atoms with van der Waals surface area (Å²) >= 11 is 6.39. The number of halogens is 1. The van der Waals surface area contributed by atoms with Crippen molar-refractivity contribution < 1.29 is 4.74 Å². The number of benzene rings is 2. The first-order valence-electron chi connectivity index (χ1n) is 6.39. The van der Waals surface area contributed by atoms with Crippen molar-refractivity contribution in [3.8, 4) is 5.75 Å². The summed E-state index contributed by atoms with van der Waals surface area (Å²) in [5, 5.41) is 3.13. The smallest absolute Gasteiger partial charge is 0.120 e. The Morgan fingerprint density at radius 2 is 1.89 bits per heavy atom. The van der Waals surface area contributed by atoms with Crippen molar-refractivity contribution in [3.63, 3.8) is 0 Å². The van der Waals surface area contributed by atoms with Crippen molar-refractivity contribution >= 4 is 33.4 Å². The summed E-state index contributed by atoms with van der Waals surface area (Å²) < 4.78 is 5.26. The largest absolute Gasteiger partial charge is 0.497 e. The molecule has 3 rings (SSSR count). The Balaban J connectivity index is 2.37. The zero-order valence-electron chi connectivity index (χ0n) is 11.3. The molecule has 3 aromatic rings. The molecule has 0 unspecified atom stereocenters. The van der Waals surface area contributed by atoms with Gasteiger partial charge in [-0.1, -0.05) is 25.4 Å². The Kier molecular flexibility index (Phi) is 2.90. The van der Waals surface area contributed by atoms with Crippen molar-refractivity contribution in [1.29, 1.82) is 0 Å². The van der Waals surface area contributed by atoms with Crippen LogP contribution < -0.4 is 4.74 Å². The molecule has 3 heteroatoms. The van der Waals surface area contributed by atoms with Crippen molar-refractivity contribution in [2.75, 3.05) is 7.11 Å². The highest BCUT2D eigenvalue weighted by atomic mass is 35.5. The molecule has 1 aromatic heterocycles. The van der Waals surface area contributed by atoms with Crippen LogP contribution in [-0.2, 0) is 0 Å². The number of hydrogen-bond acceptors (Lipinski definition) is 1. The van der Waals surface area contributed by atoms with E-state index in [9.17, 15) is 0 Å². The highest BCUT2D eigenvalue weighted by molar-refractivity contribution is 6.36. The van der Waals surface area contributed by atoms with Gasteiger partial charge in [-0.25, -0.2) is 0 Å². The number of fused-ring (bicyclic) bond motifs is 3. The molecular weight excluding hydrogens is 258 g/mol. The van der Waals surface area contributed by atoms with Crippen LogP contribution in [-0.4, -0.2) is 12.1 Å². The second kappa shape index (κ2) is 4.46. The van der Waals surface area contributed by atoms with Crippen LogP contribution in [0.2, 0.25) is 5.02 Å². The number of ether oxygens (including phenoxy) is 1. The Morgan fingerprint density at radius 3 is 2.58 bits per heavy atom. The van der Waals surface area contributed by atoms with Gasteiger partial charge in [0.05, 0.1) is 23.2 Å². The molecule has 0 aliphatic carbocycles. The molecule has 98 valence electrons. The van der Waals surface area contributed by atoms with E-state index < -0.39 is 0 Å². The molecule has 0 amide bonds. The van der Waals surface area contributed by atoms with E-state index in [0.717, 1.165) is 21.8 Å². The minimum absolute atomic E-state index is 0.463. The number of H-pyrrole nitrogens is 1. The Bertz CT molecular complexity index is 758.